The van der Waals surface area contributed by atoms with Crippen LogP contribution >= 0.6 is 0 Å². The third kappa shape index (κ3) is 2.96. The summed E-state index contributed by atoms with van der Waals surface area (Å²) in [7, 11) is 0. The number of benzene rings is 1. The van der Waals surface area contributed by atoms with Crippen molar-refractivity contribution < 1.29 is 17.6 Å². The van der Waals surface area contributed by atoms with Crippen LogP contribution in [0.5, 0.6) is 0 Å². The average Bonchev–Trinajstić information content (AvgIpc) is 2.90. The van der Waals surface area contributed by atoms with Crippen molar-refractivity contribution in [3.05, 3.63) is 58.0 Å². The lowest BCUT2D eigenvalue weighted by Gasteiger charge is -2.08. The summed E-state index contributed by atoms with van der Waals surface area (Å²) in [6.45, 7) is 2.40. The van der Waals surface area contributed by atoms with Gasteiger partial charge in [0.05, 0.1) is 11.9 Å². The van der Waals surface area contributed by atoms with Crippen LogP contribution in [0.2, 0.25) is 0 Å². The van der Waals surface area contributed by atoms with Crippen molar-refractivity contribution in [1.29, 1.82) is 0 Å². The van der Waals surface area contributed by atoms with Crippen LogP contribution in [0.15, 0.2) is 39.8 Å². The number of fused-ring (bicyclic) bond motifs is 1. The highest BCUT2D eigenvalue weighted by atomic mass is 19.4. The molecule has 0 aliphatic heterocycles. The lowest BCUT2D eigenvalue weighted by Crippen LogP contribution is -2.11. The van der Waals surface area contributed by atoms with E-state index >= 15 is 0 Å². The highest BCUT2D eigenvalue weighted by molar-refractivity contribution is 5.66. The molecule has 0 amide bonds. The van der Waals surface area contributed by atoms with Crippen molar-refractivity contribution in [2.75, 3.05) is 0 Å². The number of nitrogens with zero attached hydrogens (tertiary/aromatic N) is 3. The van der Waals surface area contributed by atoms with E-state index < -0.39 is 17.3 Å². The van der Waals surface area contributed by atoms with Gasteiger partial charge in [0.2, 0.25) is 11.6 Å². The second-order valence-electron chi connectivity index (χ2n) is 4.97. The van der Waals surface area contributed by atoms with Gasteiger partial charge in [0, 0.05) is 13.0 Å². The van der Waals surface area contributed by atoms with E-state index in [4.69, 9.17) is 4.42 Å². The monoisotopic (exact) mass is 323 g/mol. The Labute approximate surface area is 128 Å². The summed E-state index contributed by atoms with van der Waals surface area (Å²) in [6, 6.07) is 4.84. The normalized spacial score (nSPS) is 12.0. The first-order valence-electron chi connectivity index (χ1n) is 6.89. The zero-order valence-electron chi connectivity index (χ0n) is 12.1. The van der Waals surface area contributed by atoms with Gasteiger partial charge in [-0.25, -0.2) is 4.98 Å². The number of hydrogen-bond acceptors (Lipinski definition) is 4. The maximum atomic E-state index is 12.7. The van der Waals surface area contributed by atoms with E-state index in [-0.39, 0.29) is 23.5 Å². The summed E-state index contributed by atoms with van der Waals surface area (Å²) < 4.78 is 45.4. The molecule has 8 heteroatoms. The summed E-state index contributed by atoms with van der Waals surface area (Å²) >= 11 is 0. The van der Waals surface area contributed by atoms with Crippen molar-refractivity contribution in [1.82, 2.24) is 14.5 Å². The van der Waals surface area contributed by atoms with E-state index in [1.54, 1.807) is 4.57 Å². The van der Waals surface area contributed by atoms with Gasteiger partial charge in [0.25, 0.3) is 0 Å². The maximum Gasteiger partial charge on any atom is 0.416 e. The van der Waals surface area contributed by atoms with Crippen LogP contribution in [0.3, 0.4) is 0 Å². The Morgan fingerprint density at radius 3 is 2.78 bits per heavy atom. The van der Waals surface area contributed by atoms with Crippen LogP contribution < -0.4 is 5.56 Å². The number of halogens is 3. The molecule has 0 saturated carbocycles. The fourth-order valence-electron chi connectivity index (χ4n) is 2.26. The van der Waals surface area contributed by atoms with Gasteiger partial charge in [0.15, 0.2) is 5.52 Å². The molecule has 23 heavy (non-hydrogen) atoms. The first-order valence-corrected chi connectivity index (χ1v) is 6.89. The largest absolute Gasteiger partial charge is 0.423 e. The van der Waals surface area contributed by atoms with Crippen molar-refractivity contribution in [2.24, 2.45) is 0 Å². The van der Waals surface area contributed by atoms with Gasteiger partial charge in [-0.1, -0.05) is 18.2 Å². The third-order valence-electron chi connectivity index (χ3n) is 3.38. The summed E-state index contributed by atoms with van der Waals surface area (Å²) in [5, 5.41) is 0. The van der Waals surface area contributed by atoms with E-state index in [0.717, 1.165) is 12.1 Å². The molecule has 2 aromatic heterocycles. The summed E-state index contributed by atoms with van der Waals surface area (Å²) in [4.78, 5) is 19.6. The minimum absolute atomic E-state index is 0.00993. The number of alkyl halides is 3. The SMILES string of the molecule is CCn1cnc2c(=O)nc(Cc3cccc(C(F)(F)F)c3)oc21. The second kappa shape index (κ2) is 5.53. The van der Waals surface area contributed by atoms with Gasteiger partial charge < -0.3 is 8.98 Å². The predicted octanol–water partition coefficient (Wildman–Crippen LogP) is 3.01. The highest BCUT2D eigenvalue weighted by Crippen LogP contribution is 2.29. The Kier molecular flexibility index (Phi) is 3.67. The van der Waals surface area contributed by atoms with Crippen LogP contribution in [0, 0.1) is 0 Å². The summed E-state index contributed by atoms with van der Waals surface area (Å²) in [5.74, 6) is 0.0528. The Hall–Kier alpha value is -2.64. The number of aryl methyl sites for hydroxylation is 1. The van der Waals surface area contributed by atoms with Gasteiger partial charge in [-0.2, -0.15) is 18.2 Å². The van der Waals surface area contributed by atoms with Crippen molar-refractivity contribution in [2.45, 2.75) is 26.1 Å². The van der Waals surface area contributed by atoms with Crippen molar-refractivity contribution in [3.8, 4) is 0 Å². The molecule has 5 nitrogen and oxygen atoms in total. The molecule has 0 radical (unpaired) electrons. The number of rotatable bonds is 3. The lowest BCUT2D eigenvalue weighted by atomic mass is 10.1. The van der Waals surface area contributed by atoms with Crippen LogP contribution in [-0.4, -0.2) is 14.5 Å². The fourth-order valence-corrected chi connectivity index (χ4v) is 2.26. The van der Waals surface area contributed by atoms with Gasteiger partial charge in [-0.15, -0.1) is 0 Å². The first kappa shape index (κ1) is 15.3. The van der Waals surface area contributed by atoms with Crippen LogP contribution in [0.4, 0.5) is 13.2 Å². The Morgan fingerprint density at radius 1 is 1.30 bits per heavy atom. The lowest BCUT2D eigenvalue weighted by molar-refractivity contribution is -0.137. The van der Waals surface area contributed by atoms with Crippen molar-refractivity contribution in [3.63, 3.8) is 0 Å². The van der Waals surface area contributed by atoms with E-state index in [0.29, 0.717) is 12.1 Å². The van der Waals surface area contributed by atoms with E-state index in [9.17, 15) is 18.0 Å². The molecular weight excluding hydrogens is 311 g/mol. The Morgan fingerprint density at radius 2 is 2.09 bits per heavy atom. The average molecular weight is 323 g/mol. The zero-order valence-corrected chi connectivity index (χ0v) is 12.1. The molecule has 0 aliphatic rings. The molecule has 0 unspecified atom stereocenters. The molecule has 0 aliphatic carbocycles. The molecule has 0 saturated heterocycles. The van der Waals surface area contributed by atoms with Crippen LogP contribution in [0.25, 0.3) is 11.2 Å². The number of aromatic nitrogens is 3. The molecule has 0 fully saturated rings. The Bertz CT molecular complexity index is 912. The van der Waals surface area contributed by atoms with E-state index in [2.05, 4.69) is 9.97 Å². The van der Waals surface area contributed by atoms with E-state index in [1.165, 1.54) is 18.5 Å². The fraction of sp³-hybridized carbons (Fsp3) is 0.267. The molecule has 3 rings (SSSR count). The summed E-state index contributed by atoms with van der Waals surface area (Å²) in [5.41, 5.74) is -0.566. The third-order valence-corrected chi connectivity index (χ3v) is 3.38. The molecule has 1 aromatic carbocycles. The Balaban J connectivity index is 2.00. The predicted molar refractivity (Wildman–Crippen MR) is 76.0 cm³/mol. The van der Waals surface area contributed by atoms with Gasteiger partial charge in [-0.3, -0.25) is 4.79 Å². The van der Waals surface area contributed by atoms with Gasteiger partial charge in [0.1, 0.15) is 0 Å². The minimum Gasteiger partial charge on any atom is -0.423 e. The highest BCUT2D eigenvalue weighted by Gasteiger charge is 2.30. The second-order valence-corrected chi connectivity index (χ2v) is 4.97. The van der Waals surface area contributed by atoms with Crippen LogP contribution in [-0.2, 0) is 19.1 Å². The molecule has 0 N–H and O–H groups in total. The molecule has 0 bridgehead atoms. The van der Waals surface area contributed by atoms with Crippen molar-refractivity contribution >= 4 is 11.2 Å². The standard InChI is InChI=1S/C15H12F3N3O2/c1-2-21-8-19-12-13(22)20-11(23-14(12)21)7-9-4-3-5-10(6-9)15(16,17)18/h3-6,8H,2,7H2,1H3. The molecule has 0 atom stereocenters. The maximum absolute atomic E-state index is 12.7. The molecule has 120 valence electrons. The molecule has 2 heterocycles. The molecule has 0 spiro atoms. The zero-order chi connectivity index (χ0) is 16.6. The summed E-state index contributed by atoms with van der Waals surface area (Å²) in [6.07, 6.45) is -2.97. The molecular formula is C15H12F3N3O2. The van der Waals surface area contributed by atoms with Gasteiger partial charge >= 0.3 is 11.7 Å². The first-order chi connectivity index (χ1) is 10.9. The quantitative estimate of drug-likeness (QED) is 0.743. The smallest absolute Gasteiger partial charge is 0.416 e. The number of imidazole rings is 1. The number of hydrogen-bond donors (Lipinski definition) is 0. The van der Waals surface area contributed by atoms with Gasteiger partial charge in [-0.05, 0) is 18.6 Å². The minimum atomic E-state index is -4.42. The van der Waals surface area contributed by atoms with Crippen LogP contribution in [0.1, 0.15) is 23.9 Å². The van der Waals surface area contributed by atoms with E-state index in [1.807, 2.05) is 6.92 Å². The topological polar surface area (TPSA) is 60.9 Å². The molecule has 3 aromatic rings.